The van der Waals surface area contributed by atoms with Crippen LogP contribution in [0.3, 0.4) is 0 Å². The van der Waals surface area contributed by atoms with Gasteiger partial charge in [-0.3, -0.25) is 19.3 Å². The fourth-order valence-electron chi connectivity index (χ4n) is 3.47. The lowest BCUT2D eigenvalue weighted by molar-refractivity contribution is -0.119. The summed E-state index contributed by atoms with van der Waals surface area (Å²) in [5.41, 5.74) is 4.43. The predicted molar refractivity (Wildman–Crippen MR) is 119 cm³/mol. The standard InChI is InChI=1S/C23H28N4O3/c1-16-6-4-7-20(17(16)2)25-22(29)15-26(3)14-21(28)24-18-9-11-19(12-10-18)27-13-5-8-23(27)30/h4,6-7,9-12H,5,8,13-15H2,1-3H3,(H,24,28)(H,25,29). The van der Waals surface area contributed by atoms with Gasteiger partial charge in [0.2, 0.25) is 17.7 Å². The molecule has 3 amide bonds. The topological polar surface area (TPSA) is 81.8 Å². The monoisotopic (exact) mass is 408 g/mol. The Kier molecular flexibility index (Phi) is 6.84. The molecular formula is C23H28N4O3. The number of aryl methyl sites for hydroxylation is 1. The Balaban J connectivity index is 1.47. The lowest BCUT2D eigenvalue weighted by atomic mass is 10.1. The van der Waals surface area contributed by atoms with Crippen LogP contribution >= 0.6 is 0 Å². The average Bonchev–Trinajstić information content (AvgIpc) is 3.11. The third-order valence-corrected chi connectivity index (χ3v) is 5.24. The predicted octanol–water partition coefficient (Wildman–Crippen LogP) is 2.94. The fraction of sp³-hybridized carbons (Fsp3) is 0.348. The van der Waals surface area contributed by atoms with E-state index in [1.807, 2.05) is 44.2 Å². The number of rotatable bonds is 7. The van der Waals surface area contributed by atoms with E-state index in [9.17, 15) is 14.4 Å². The molecule has 2 aromatic carbocycles. The number of benzene rings is 2. The number of anilines is 3. The number of nitrogens with zero attached hydrogens (tertiary/aromatic N) is 2. The molecule has 1 aliphatic rings. The minimum absolute atomic E-state index is 0.0899. The van der Waals surface area contributed by atoms with E-state index in [1.54, 1.807) is 29.0 Å². The zero-order chi connectivity index (χ0) is 21.7. The van der Waals surface area contributed by atoms with Gasteiger partial charge >= 0.3 is 0 Å². The molecule has 2 aromatic rings. The molecule has 1 saturated heterocycles. The van der Waals surface area contributed by atoms with Gasteiger partial charge in [-0.2, -0.15) is 0 Å². The molecule has 0 unspecified atom stereocenters. The first-order valence-corrected chi connectivity index (χ1v) is 10.1. The molecule has 0 aromatic heterocycles. The lowest BCUT2D eigenvalue weighted by Crippen LogP contribution is -2.36. The molecule has 0 aliphatic carbocycles. The van der Waals surface area contributed by atoms with Gasteiger partial charge in [0.15, 0.2) is 0 Å². The van der Waals surface area contributed by atoms with Gasteiger partial charge in [-0.1, -0.05) is 12.1 Å². The first-order valence-electron chi connectivity index (χ1n) is 10.1. The highest BCUT2D eigenvalue weighted by Crippen LogP contribution is 2.23. The summed E-state index contributed by atoms with van der Waals surface area (Å²) in [6.07, 6.45) is 1.46. The summed E-state index contributed by atoms with van der Waals surface area (Å²) < 4.78 is 0. The number of likely N-dealkylation sites (N-methyl/N-ethyl adjacent to an activating group) is 1. The van der Waals surface area contributed by atoms with Crippen molar-refractivity contribution in [3.8, 4) is 0 Å². The van der Waals surface area contributed by atoms with Crippen molar-refractivity contribution in [2.45, 2.75) is 26.7 Å². The molecule has 7 nitrogen and oxygen atoms in total. The van der Waals surface area contributed by atoms with Crippen molar-refractivity contribution in [2.24, 2.45) is 0 Å². The van der Waals surface area contributed by atoms with Crippen LogP contribution in [0.15, 0.2) is 42.5 Å². The first-order chi connectivity index (χ1) is 14.3. The molecule has 7 heteroatoms. The summed E-state index contributed by atoms with van der Waals surface area (Å²) in [4.78, 5) is 39.8. The van der Waals surface area contributed by atoms with E-state index < -0.39 is 0 Å². The SMILES string of the molecule is Cc1cccc(NC(=O)CN(C)CC(=O)Nc2ccc(N3CCCC3=O)cc2)c1C. The second-order valence-electron chi connectivity index (χ2n) is 7.71. The van der Waals surface area contributed by atoms with Gasteiger partial charge in [0.1, 0.15) is 0 Å². The van der Waals surface area contributed by atoms with Crippen LogP contribution in [0.25, 0.3) is 0 Å². The number of carbonyl (C=O) groups excluding carboxylic acids is 3. The first kappa shape index (κ1) is 21.5. The minimum atomic E-state index is -0.206. The van der Waals surface area contributed by atoms with Crippen LogP contribution < -0.4 is 15.5 Å². The number of amides is 3. The van der Waals surface area contributed by atoms with Crippen LogP contribution in [0.1, 0.15) is 24.0 Å². The van der Waals surface area contributed by atoms with Gasteiger partial charge in [-0.25, -0.2) is 0 Å². The van der Waals surface area contributed by atoms with Crippen molar-refractivity contribution in [2.75, 3.05) is 42.2 Å². The Hall–Kier alpha value is -3.19. The summed E-state index contributed by atoms with van der Waals surface area (Å²) in [5.74, 6) is -0.242. The Labute approximate surface area is 177 Å². The maximum absolute atomic E-state index is 12.3. The fourth-order valence-corrected chi connectivity index (χ4v) is 3.47. The molecule has 2 N–H and O–H groups in total. The molecule has 1 heterocycles. The Bertz CT molecular complexity index is 940. The summed E-state index contributed by atoms with van der Waals surface area (Å²) in [5, 5.41) is 5.72. The zero-order valence-corrected chi connectivity index (χ0v) is 17.7. The molecule has 0 atom stereocenters. The zero-order valence-electron chi connectivity index (χ0n) is 17.7. The number of hydrogen-bond donors (Lipinski definition) is 2. The van der Waals surface area contributed by atoms with Crippen LogP contribution in [0.4, 0.5) is 17.1 Å². The number of hydrogen-bond acceptors (Lipinski definition) is 4. The van der Waals surface area contributed by atoms with Crippen molar-refractivity contribution in [1.29, 1.82) is 0 Å². The largest absolute Gasteiger partial charge is 0.325 e. The van der Waals surface area contributed by atoms with E-state index in [0.717, 1.165) is 35.5 Å². The van der Waals surface area contributed by atoms with Gasteiger partial charge in [-0.15, -0.1) is 0 Å². The van der Waals surface area contributed by atoms with Crippen molar-refractivity contribution < 1.29 is 14.4 Å². The molecular weight excluding hydrogens is 380 g/mol. The summed E-state index contributed by atoms with van der Waals surface area (Å²) in [6, 6.07) is 13.0. The van der Waals surface area contributed by atoms with Crippen molar-refractivity contribution in [3.05, 3.63) is 53.6 Å². The third-order valence-electron chi connectivity index (χ3n) is 5.24. The molecule has 3 rings (SSSR count). The average molecular weight is 409 g/mol. The summed E-state index contributed by atoms with van der Waals surface area (Å²) in [7, 11) is 1.73. The van der Waals surface area contributed by atoms with E-state index in [2.05, 4.69) is 10.6 Å². The van der Waals surface area contributed by atoms with E-state index in [1.165, 1.54) is 0 Å². The smallest absolute Gasteiger partial charge is 0.238 e. The molecule has 158 valence electrons. The second-order valence-corrected chi connectivity index (χ2v) is 7.71. The molecule has 30 heavy (non-hydrogen) atoms. The Morgan fingerprint density at radius 3 is 2.30 bits per heavy atom. The van der Waals surface area contributed by atoms with E-state index in [0.29, 0.717) is 12.1 Å². The molecule has 1 aliphatic heterocycles. The highest BCUT2D eigenvalue weighted by molar-refractivity contribution is 5.97. The highest BCUT2D eigenvalue weighted by Gasteiger charge is 2.21. The molecule has 0 bridgehead atoms. The maximum atomic E-state index is 12.3. The van der Waals surface area contributed by atoms with Gasteiger partial charge in [-0.05, 0) is 68.8 Å². The maximum Gasteiger partial charge on any atom is 0.238 e. The van der Waals surface area contributed by atoms with Gasteiger partial charge in [0.25, 0.3) is 0 Å². The summed E-state index contributed by atoms with van der Waals surface area (Å²) >= 11 is 0. The molecule has 0 radical (unpaired) electrons. The normalized spacial score (nSPS) is 13.6. The quantitative estimate of drug-likeness (QED) is 0.738. The van der Waals surface area contributed by atoms with Crippen LogP contribution in [-0.2, 0) is 14.4 Å². The molecule has 0 saturated carbocycles. The van der Waals surface area contributed by atoms with Crippen LogP contribution in [-0.4, -0.2) is 49.3 Å². The van der Waals surface area contributed by atoms with Crippen LogP contribution in [0.2, 0.25) is 0 Å². The van der Waals surface area contributed by atoms with Gasteiger partial charge < -0.3 is 15.5 Å². The van der Waals surface area contributed by atoms with E-state index >= 15 is 0 Å². The molecule has 0 spiro atoms. The van der Waals surface area contributed by atoms with Gasteiger partial charge in [0, 0.05) is 30.0 Å². The number of carbonyl (C=O) groups is 3. The minimum Gasteiger partial charge on any atom is -0.325 e. The van der Waals surface area contributed by atoms with Crippen LogP contribution in [0.5, 0.6) is 0 Å². The third kappa shape index (κ3) is 5.45. The summed E-state index contributed by atoms with van der Waals surface area (Å²) in [6.45, 7) is 4.90. The Morgan fingerprint density at radius 1 is 1.00 bits per heavy atom. The highest BCUT2D eigenvalue weighted by atomic mass is 16.2. The van der Waals surface area contributed by atoms with Crippen molar-refractivity contribution >= 4 is 34.8 Å². The van der Waals surface area contributed by atoms with Crippen molar-refractivity contribution in [3.63, 3.8) is 0 Å². The lowest BCUT2D eigenvalue weighted by Gasteiger charge is -2.18. The Morgan fingerprint density at radius 2 is 1.67 bits per heavy atom. The van der Waals surface area contributed by atoms with E-state index in [4.69, 9.17) is 0 Å². The van der Waals surface area contributed by atoms with Crippen molar-refractivity contribution in [1.82, 2.24) is 4.90 Å². The number of nitrogens with one attached hydrogen (secondary N) is 2. The van der Waals surface area contributed by atoms with Crippen LogP contribution in [0, 0.1) is 13.8 Å². The molecule has 1 fully saturated rings. The second kappa shape index (κ2) is 9.54. The van der Waals surface area contributed by atoms with E-state index in [-0.39, 0.29) is 30.8 Å². The van der Waals surface area contributed by atoms with Gasteiger partial charge in [0.05, 0.1) is 13.1 Å².